The van der Waals surface area contributed by atoms with E-state index in [1.54, 1.807) is 24.3 Å². The molecule has 25 heavy (non-hydrogen) atoms. The number of methoxy groups -OCH3 is 1. The summed E-state index contributed by atoms with van der Waals surface area (Å²) in [5.74, 6) is -0.140. The van der Waals surface area contributed by atoms with Crippen molar-refractivity contribution in [2.75, 3.05) is 23.9 Å². The van der Waals surface area contributed by atoms with E-state index in [0.29, 0.717) is 27.2 Å². The Balaban J connectivity index is 2.21. The summed E-state index contributed by atoms with van der Waals surface area (Å²) in [4.78, 5) is 25.7. The van der Waals surface area contributed by atoms with Crippen molar-refractivity contribution in [3.63, 3.8) is 0 Å². The van der Waals surface area contributed by atoms with Crippen LogP contribution in [0.3, 0.4) is 0 Å². The van der Waals surface area contributed by atoms with Gasteiger partial charge in [0.05, 0.1) is 23.5 Å². The molecule has 2 amide bonds. The Morgan fingerprint density at radius 3 is 2.48 bits per heavy atom. The molecule has 0 aliphatic rings. The summed E-state index contributed by atoms with van der Waals surface area (Å²) < 4.78 is 5.24. The lowest BCUT2D eigenvalue weighted by molar-refractivity contribution is -0.120. The minimum atomic E-state index is -0.370. The number of hydrogen-bond donors (Lipinski definition) is 1. The third-order valence-electron chi connectivity index (χ3n) is 3.51. The zero-order valence-corrected chi connectivity index (χ0v) is 15.6. The molecular weight excluding hydrogens is 363 g/mol. The van der Waals surface area contributed by atoms with Crippen LogP contribution in [0.5, 0.6) is 5.75 Å². The van der Waals surface area contributed by atoms with Crippen LogP contribution in [-0.4, -0.2) is 25.5 Å². The predicted octanol–water partition coefficient (Wildman–Crippen LogP) is 4.30. The van der Waals surface area contributed by atoms with E-state index in [1.807, 2.05) is 13.0 Å². The minimum Gasteiger partial charge on any atom is -0.495 e. The fourth-order valence-electron chi connectivity index (χ4n) is 2.32. The van der Waals surface area contributed by atoms with Gasteiger partial charge < -0.3 is 15.0 Å². The topological polar surface area (TPSA) is 58.6 Å². The maximum Gasteiger partial charge on any atom is 0.244 e. The molecule has 132 valence electrons. The van der Waals surface area contributed by atoms with Crippen LogP contribution in [0.25, 0.3) is 0 Å². The fourth-order valence-corrected chi connectivity index (χ4v) is 2.83. The maximum atomic E-state index is 12.4. The van der Waals surface area contributed by atoms with E-state index < -0.39 is 0 Å². The van der Waals surface area contributed by atoms with Gasteiger partial charge in [-0.25, -0.2) is 0 Å². The molecule has 0 aliphatic carbocycles. The second-order valence-electron chi connectivity index (χ2n) is 5.45. The molecule has 2 rings (SSSR count). The SMILES string of the molecule is COc1ccc(C)cc1NC(=O)CN(C(C)=O)c1ccc(Cl)cc1Cl. The molecule has 5 nitrogen and oxygen atoms in total. The molecule has 0 saturated heterocycles. The molecule has 0 atom stereocenters. The van der Waals surface area contributed by atoms with Crippen molar-refractivity contribution in [3.05, 3.63) is 52.0 Å². The lowest BCUT2D eigenvalue weighted by Crippen LogP contribution is -2.36. The first-order valence-electron chi connectivity index (χ1n) is 7.49. The second kappa shape index (κ2) is 8.23. The molecule has 0 unspecified atom stereocenters. The molecule has 2 aromatic rings. The summed E-state index contributed by atoms with van der Waals surface area (Å²) in [7, 11) is 1.52. The Morgan fingerprint density at radius 1 is 1.16 bits per heavy atom. The van der Waals surface area contributed by atoms with Gasteiger partial charge in [-0.15, -0.1) is 0 Å². The van der Waals surface area contributed by atoms with Crippen molar-refractivity contribution in [1.82, 2.24) is 0 Å². The van der Waals surface area contributed by atoms with Crippen molar-refractivity contribution in [2.45, 2.75) is 13.8 Å². The molecule has 0 fully saturated rings. The van der Waals surface area contributed by atoms with Crippen LogP contribution in [-0.2, 0) is 9.59 Å². The zero-order chi connectivity index (χ0) is 18.6. The van der Waals surface area contributed by atoms with Gasteiger partial charge in [0.25, 0.3) is 0 Å². The highest BCUT2D eigenvalue weighted by atomic mass is 35.5. The lowest BCUT2D eigenvalue weighted by atomic mass is 10.2. The summed E-state index contributed by atoms with van der Waals surface area (Å²) in [6, 6.07) is 10.2. The van der Waals surface area contributed by atoms with Gasteiger partial charge in [0.2, 0.25) is 11.8 Å². The van der Waals surface area contributed by atoms with Crippen molar-refractivity contribution in [1.29, 1.82) is 0 Å². The van der Waals surface area contributed by atoms with Gasteiger partial charge in [0.1, 0.15) is 12.3 Å². The number of ether oxygens (including phenoxy) is 1. The van der Waals surface area contributed by atoms with Crippen LogP contribution in [0.1, 0.15) is 12.5 Å². The molecule has 7 heteroatoms. The summed E-state index contributed by atoms with van der Waals surface area (Å²) in [5.41, 5.74) is 1.93. The first-order valence-corrected chi connectivity index (χ1v) is 8.25. The smallest absolute Gasteiger partial charge is 0.244 e. The first kappa shape index (κ1) is 19.1. The molecule has 0 saturated carbocycles. The lowest BCUT2D eigenvalue weighted by Gasteiger charge is -2.22. The predicted molar refractivity (Wildman–Crippen MR) is 101 cm³/mol. The van der Waals surface area contributed by atoms with E-state index in [0.717, 1.165) is 5.56 Å². The molecule has 0 bridgehead atoms. The van der Waals surface area contributed by atoms with Crippen LogP contribution in [0, 0.1) is 6.92 Å². The number of amides is 2. The molecule has 0 heterocycles. The quantitative estimate of drug-likeness (QED) is 0.840. The zero-order valence-electron chi connectivity index (χ0n) is 14.1. The minimum absolute atomic E-state index is 0.187. The Hall–Kier alpha value is -2.24. The largest absolute Gasteiger partial charge is 0.495 e. The van der Waals surface area contributed by atoms with Crippen LogP contribution in [0.4, 0.5) is 11.4 Å². The summed E-state index contributed by atoms with van der Waals surface area (Å²) in [6.07, 6.45) is 0. The number of aryl methyl sites for hydroxylation is 1. The number of rotatable bonds is 5. The third kappa shape index (κ3) is 4.87. The van der Waals surface area contributed by atoms with Gasteiger partial charge in [0, 0.05) is 11.9 Å². The fraction of sp³-hybridized carbons (Fsp3) is 0.222. The number of halogens is 2. The number of anilines is 2. The average molecular weight is 381 g/mol. The highest BCUT2D eigenvalue weighted by Crippen LogP contribution is 2.29. The first-order chi connectivity index (χ1) is 11.8. The van der Waals surface area contributed by atoms with Gasteiger partial charge in [-0.3, -0.25) is 9.59 Å². The summed E-state index contributed by atoms with van der Waals surface area (Å²) >= 11 is 12.0. The number of carbonyl (C=O) groups is 2. The third-order valence-corrected chi connectivity index (χ3v) is 4.05. The van der Waals surface area contributed by atoms with Gasteiger partial charge in [-0.1, -0.05) is 29.3 Å². The Morgan fingerprint density at radius 2 is 1.88 bits per heavy atom. The van der Waals surface area contributed by atoms with Gasteiger partial charge in [-0.2, -0.15) is 0 Å². The van der Waals surface area contributed by atoms with E-state index in [1.165, 1.54) is 25.0 Å². The molecule has 0 aromatic heterocycles. The second-order valence-corrected chi connectivity index (χ2v) is 6.30. The maximum absolute atomic E-state index is 12.4. The Kier molecular flexibility index (Phi) is 6.28. The highest BCUT2D eigenvalue weighted by molar-refractivity contribution is 6.36. The summed E-state index contributed by atoms with van der Waals surface area (Å²) in [5, 5.41) is 3.51. The van der Waals surface area contributed by atoms with Gasteiger partial charge >= 0.3 is 0 Å². The number of hydrogen-bond acceptors (Lipinski definition) is 3. The van der Waals surface area contributed by atoms with Gasteiger partial charge in [-0.05, 0) is 42.8 Å². The van der Waals surface area contributed by atoms with E-state index in [9.17, 15) is 9.59 Å². The summed E-state index contributed by atoms with van der Waals surface area (Å²) in [6.45, 7) is 3.09. The van der Waals surface area contributed by atoms with E-state index in [4.69, 9.17) is 27.9 Å². The number of benzene rings is 2. The monoisotopic (exact) mass is 380 g/mol. The number of carbonyl (C=O) groups excluding carboxylic acids is 2. The number of nitrogens with zero attached hydrogens (tertiary/aromatic N) is 1. The van der Waals surface area contributed by atoms with E-state index in [-0.39, 0.29) is 18.4 Å². The van der Waals surface area contributed by atoms with Crippen molar-refractivity contribution in [3.8, 4) is 5.75 Å². The van der Waals surface area contributed by atoms with Crippen LogP contribution >= 0.6 is 23.2 Å². The Labute approximate surface area is 156 Å². The van der Waals surface area contributed by atoms with Crippen molar-refractivity contribution >= 4 is 46.4 Å². The van der Waals surface area contributed by atoms with Crippen LogP contribution < -0.4 is 15.0 Å². The van der Waals surface area contributed by atoms with Crippen LogP contribution in [0.2, 0.25) is 10.0 Å². The van der Waals surface area contributed by atoms with Crippen molar-refractivity contribution < 1.29 is 14.3 Å². The van der Waals surface area contributed by atoms with E-state index >= 15 is 0 Å². The molecule has 2 aromatic carbocycles. The standard InChI is InChI=1S/C18H18Cl2N2O3/c1-11-4-7-17(25-3)15(8-11)21-18(24)10-22(12(2)23)16-6-5-13(19)9-14(16)20/h4-9H,10H2,1-3H3,(H,21,24). The van der Waals surface area contributed by atoms with E-state index in [2.05, 4.69) is 5.32 Å². The van der Waals surface area contributed by atoms with Crippen LogP contribution in [0.15, 0.2) is 36.4 Å². The Bertz CT molecular complexity index is 809. The number of nitrogens with one attached hydrogen (secondary N) is 1. The molecule has 1 N–H and O–H groups in total. The molecule has 0 radical (unpaired) electrons. The van der Waals surface area contributed by atoms with Crippen molar-refractivity contribution in [2.24, 2.45) is 0 Å². The highest BCUT2D eigenvalue weighted by Gasteiger charge is 2.19. The normalized spacial score (nSPS) is 10.3. The van der Waals surface area contributed by atoms with Gasteiger partial charge in [0.15, 0.2) is 0 Å². The average Bonchev–Trinajstić information content (AvgIpc) is 2.53. The molecular formula is C18H18Cl2N2O3. The molecule has 0 spiro atoms. The molecule has 0 aliphatic heterocycles.